The Labute approximate surface area is 131 Å². The lowest BCUT2D eigenvalue weighted by Gasteiger charge is -2.03. The van der Waals surface area contributed by atoms with E-state index in [0.717, 1.165) is 11.3 Å². The maximum atomic E-state index is 6.12. The van der Waals surface area contributed by atoms with Crippen LogP contribution in [0.1, 0.15) is 5.82 Å². The molecule has 0 unspecified atom stereocenters. The summed E-state index contributed by atoms with van der Waals surface area (Å²) in [5, 5.41) is 8.28. The predicted molar refractivity (Wildman–Crippen MR) is 82.6 cm³/mol. The van der Waals surface area contributed by atoms with Gasteiger partial charge in [-0.05, 0) is 36.4 Å². The third kappa shape index (κ3) is 3.35. The molecule has 0 saturated carbocycles. The number of nitrogens with zero attached hydrogens (tertiary/aromatic N) is 2. The van der Waals surface area contributed by atoms with E-state index in [2.05, 4.69) is 15.2 Å². The van der Waals surface area contributed by atoms with Crippen LogP contribution in [0.5, 0.6) is 5.75 Å². The molecule has 3 rings (SSSR count). The molecule has 0 atom stereocenters. The molecule has 1 heterocycles. The van der Waals surface area contributed by atoms with Crippen LogP contribution in [-0.2, 0) is 6.61 Å². The zero-order chi connectivity index (χ0) is 14.7. The number of hydrogen-bond donors (Lipinski definition) is 1. The van der Waals surface area contributed by atoms with Crippen molar-refractivity contribution < 1.29 is 4.74 Å². The zero-order valence-corrected chi connectivity index (χ0v) is 12.4. The molecule has 0 aliphatic heterocycles. The first kappa shape index (κ1) is 13.9. The standard InChI is InChI=1S/C15H11Cl2N3O/c16-10-5-7-11(8-6-10)21-9-14-18-15(20-19-14)12-3-1-2-4-13(12)17/h1-8H,9H2,(H,18,19,20). The van der Waals surface area contributed by atoms with Gasteiger partial charge in [-0.3, -0.25) is 5.10 Å². The highest BCUT2D eigenvalue weighted by Crippen LogP contribution is 2.24. The van der Waals surface area contributed by atoms with Crippen LogP contribution >= 0.6 is 23.2 Å². The van der Waals surface area contributed by atoms with E-state index in [1.54, 1.807) is 30.3 Å². The number of aromatic amines is 1. The number of aromatic nitrogens is 3. The molecule has 0 fully saturated rings. The van der Waals surface area contributed by atoms with E-state index in [0.29, 0.717) is 28.3 Å². The fourth-order valence-corrected chi connectivity index (χ4v) is 2.15. The van der Waals surface area contributed by atoms with Crippen molar-refractivity contribution in [1.82, 2.24) is 15.2 Å². The summed E-state index contributed by atoms with van der Waals surface area (Å²) in [6.07, 6.45) is 0. The molecule has 0 saturated heterocycles. The summed E-state index contributed by atoms with van der Waals surface area (Å²) in [6.45, 7) is 0.291. The van der Waals surface area contributed by atoms with Crippen molar-refractivity contribution in [2.24, 2.45) is 0 Å². The lowest BCUT2D eigenvalue weighted by atomic mass is 10.2. The average Bonchev–Trinajstić information content (AvgIpc) is 2.96. The van der Waals surface area contributed by atoms with Gasteiger partial charge in [0.2, 0.25) is 0 Å². The van der Waals surface area contributed by atoms with Crippen LogP contribution in [0.4, 0.5) is 0 Å². The Morgan fingerprint density at radius 2 is 1.76 bits per heavy atom. The quantitative estimate of drug-likeness (QED) is 0.777. The number of H-pyrrole nitrogens is 1. The zero-order valence-electron chi connectivity index (χ0n) is 10.9. The molecule has 3 aromatic rings. The topological polar surface area (TPSA) is 50.8 Å². The van der Waals surface area contributed by atoms with E-state index in [9.17, 15) is 0 Å². The van der Waals surface area contributed by atoms with Crippen molar-refractivity contribution >= 4 is 23.2 Å². The first-order valence-corrected chi connectivity index (χ1v) is 7.02. The van der Waals surface area contributed by atoms with Crippen LogP contribution in [0.3, 0.4) is 0 Å². The van der Waals surface area contributed by atoms with E-state index in [-0.39, 0.29) is 0 Å². The van der Waals surface area contributed by atoms with Gasteiger partial charge < -0.3 is 4.74 Å². The van der Waals surface area contributed by atoms with Crippen molar-refractivity contribution in [3.8, 4) is 17.1 Å². The van der Waals surface area contributed by atoms with Gasteiger partial charge in [0.25, 0.3) is 0 Å². The fourth-order valence-electron chi connectivity index (χ4n) is 1.81. The minimum absolute atomic E-state index is 0.291. The smallest absolute Gasteiger partial charge is 0.182 e. The molecular formula is C15H11Cl2N3O. The molecule has 0 spiro atoms. The largest absolute Gasteiger partial charge is 0.486 e. The van der Waals surface area contributed by atoms with Crippen LogP contribution in [-0.4, -0.2) is 15.2 Å². The normalized spacial score (nSPS) is 10.6. The second-order valence-corrected chi connectivity index (χ2v) is 5.17. The van der Waals surface area contributed by atoms with Gasteiger partial charge in [-0.1, -0.05) is 35.3 Å². The highest BCUT2D eigenvalue weighted by atomic mass is 35.5. The molecule has 0 bridgehead atoms. The number of nitrogens with one attached hydrogen (secondary N) is 1. The minimum atomic E-state index is 0.291. The number of halogens is 2. The molecule has 0 aliphatic carbocycles. The summed E-state index contributed by atoms with van der Waals surface area (Å²) in [5.74, 6) is 1.89. The molecule has 4 nitrogen and oxygen atoms in total. The SMILES string of the molecule is Clc1ccc(OCc2nc(-c3ccccc3Cl)n[nH]2)cc1. The Balaban J connectivity index is 1.71. The average molecular weight is 320 g/mol. The summed E-state index contributed by atoms with van der Waals surface area (Å²) in [4.78, 5) is 4.37. The first-order valence-electron chi connectivity index (χ1n) is 6.27. The Bertz CT molecular complexity index is 741. The fraction of sp³-hybridized carbons (Fsp3) is 0.0667. The monoisotopic (exact) mass is 319 g/mol. The minimum Gasteiger partial charge on any atom is -0.486 e. The van der Waals surface area contributed by atoms with Crippen molar-refractivity contribution in [3.63, 3.8) is 0 Å². The molecule has 0 aliphatic rings. The maximum Gasteiger partial charge on any atom is 0.182 e. The molecule has 0 radical (unpaired) electrons. The Hall–Kier alpha value is -2.04. The van der Waals surface area contributed by atoms with Gasteiger partial charge in [0.15, 0.2) is 11.6 Å². The molecule has 106 valence electrons. The number of rotatable bonds is 4. The molecule has 0 amide bonds. The molecule has 21 heavy (non-hydrogen) atoms. The molecule has 6 heteroatoms. The molecule has 1 N–H and O–H groups in total. The number of ether oxygens (including phenoxy) is 1. The van der Waals surface area contributed by atoms with Crippen LogP contribution in [0.15, 0.2) is 48.5 Å². The van der Waals surface area contributed by atoms with Crippen LogP contribution in [0.2, 0.25) is 10.0 Å². The predicted octanol–water partition coefficient (Wildman–Crippen LogP) is 4.36. The van der Waals surface area contributed by atoms with E-state index >= 15 is 0 Å². The summed E-state index contributed by atoms with van der Waals surface area (Å²) in [5.41, 5.74) is 0.785. The van der Waals surface area contributed by atoms with Crippen LogP contribution in [0.25, 0.3) is 11.4 Å². The molecule has 1 aromatic heterocycles. The highest BCUT2D eigenvalue weighted by molar-refractivity contribution is 6.33. The van der Waals surface area contributed by atoms with Crippen LogP contribution < -0.4 is 4.74 Å². The molecule has 2 aromatic carbocycles. The molecular weight excluding hydrogens is 309 g/mol. The van der Waals surface area contributed by atoms with Gasteiger partial charge in [-0.2, -0.15) is 5.10 Å². The summed E-state index contributed by atoms with van der Waals surface area (Å²) >= 11 is 11.9. The van der Waals surface area contributed by atoms with E-state index in [1.165, 1.54) is 0 Å². The van der Waals surface area contributed by atoms with Crippen LogP contribution in [0, 0.1) is 0 Å². The second kappa shape index (κ2) is 6.16. The lowest BCUT2D eigenvalue weighted by Crippen LogP contribution is -1.97. The second-order valence-electron chi connectivity index (χ2n) is 4.33. The summed E-state index contributed by atoms with van der Waals surface area (Å²) in [6, 6.07) is 14.6. The van der Waals surface area contributed by atoms with Gasteiger partial charge in [0, 0.05) is 10.6 Å². The summed E-state index contributed by atoms with van der Waals surface area (Å²) in [7, 11) is 0. The lowest BCUT2D eigenvalue weighted by molar-refractivity contribution is 0.296. The van der Waals surface area contributed by atoms with Gasteiger partial charge in [-0.15, -0.1) is 0 Å². The van der Waals surface area contributed by atoms with E-state index in [1.807, 2.05) is 18.2 Å². The van der Waals surface area contributed by atoms with E-state index < -0.39 is 0 Å². The third-order valence-corrected chi connectivity index (χ3v) is 3.42. The maximum absolute atomic E-state index is 6.12. The Kier molecular flexibility index (Phi) is 4.08. The van der Waals surface area contributed by atoms with Gasteiger partial charge in [0.1, 0.15) is 12.4 Å². The third-order valence-electron chi connectivity index (χ3n) is 2.84. The van der Waals surface area contributed by atoms with Crippen molar-refractivity contribution in [2.45, 2.75) is 6.61 Å². The number of benzene rings is 2. The Morgan fingerprint density at radius 1 is 1.00 bits per heavy atom. The number of hydrogen-bond acceptors (Lipinski definition) is 3. The van der Waals surface area contributed by atoms with E-state index in [4.69, 9.17) is 27.9 Å². The van der Waals surface area contributed by atoms with Crippen molar-refractivity contribution in [1.29, 1.82) is 0 Å². The van der Waals surface area contributed by atoms with Gasteiger partial charge in [0.05, 0.1) is 5.02 Å². The van der Waals surface area contributed by atoms with Crippen molar-refractivity contribution in [3.05, 3.63) is 64.4 Å². The van der Waals surface area contributed by atoms with Gasteiger partial charge >= 0.3 is 0 Å². The first-order chi connectivity index (χ1) is 10.2. The highest BCUT2D eigenvalue weighted by Gasteiger charge is 2.09. The van der Waals surface area contributed by atoms with Crippen molar-refractivity contribution in [2.75, 3.05) is 0 Å². The Morgan fingerprint density at radius 3 is 2.52 bits per heavy atom. The van der Waals surface area contributed by atoms with Gasteiger partial charge in [-0.25, -0.2) is 4.98 Å². The summed E-state index contributed by atoms with van der Waals surface area (Å²) < 4.78 is 5.60.